The second kappa shape index (κ2) is 10.8. The van der Waals surface area contributed by atoms with Gasteiger partial charge in [0, 0.05) is 60.0 Å². The minimum atomic E-state index is -0.625. The van der Waals surface area contributed by atoms with Crippen LogP contribution in [-0.2, 0) is 4.79 Å². The smallest absolute Gasteiger partial charge is 0.287 e. The van der Waals surface area contributed by atoms with Crippen LogP contribution in [-0.4, -0.2) is 48.0 Å². The quantitative estimate of drug-likeness (QED) is 0.205. The minimum Gasteiger partial charge on any atom is -0.507 e. The van der Waals surface area contributed by atoms with Crippen molar-refractivity contribution in [2.45, 2.75) is 45.4 Å². The third kappa shape index (κ3) is 5.05. The maximum Gasteiger partial charge on any atom is 0.287 e. The molecule has 0 radical (unpaired) electrons. The van der Waals surface area contributed by atoms with E-state index in [1.807, 2.05) is 12.1 Å². The fourth-order valence-electron chi connectivity index (χ4n) is 5.09. The van der Waals surface area contributed by atoms with Crippen molar-refractivity contribution in [3.8, 4) is 5.75 Å². The molecule has 1 amide bonds. The van der Waals surface area contributed by atoms with Crippen molar-refractivity contribution in [2.24, 2.45) is 5.92 Å². The fraction of sp³-hybridized carbons (Fsp3) is 0.407. The normalized spacial score (nSPS) is 15.6. The molecule has 0 bridgehead atoms. The standard InChI is InChI=1S/C27H35N7O2/c1-2-32-27(36)26(31)34(19-11-9-18(10-12-19)33-13-5-6-14-33)25(30)21-15-20(22(28)16-23(21)35)24(29)17-7-3-4-8-17/h9-12,15-17,29-31,35H,2-8,13-14,28H2,1H3,(H,32,36). The number of rotatable bonds is 6. The molecule has 2 aromatic carbocycles. The summed E-state index contributed by atoms with van der Waals surface area (Å²) in [6.07, 6.45) is 6.27. The molecule has 0 spiro atoms. The first-order valence-electron chi connectivity index (χ1n) is 12.6. The van der Waals surface area contributed by atoms with E-state index in [2.05, 4.69) is 10.2 Å². The Bertz CT molecular complexity index is 1160. The minimum absolute atomic E-state index is 0.0988. The number of amidine groups is 2. The van der Waals surface area contributed by atoms with Gasteiger partial charge in [-0.2, -0.15) is 0 Å². The molecule has 1 aliphatic carbocycles. The van der Waals surface area contributed by atoms with Crippen LogP contribution in [0.2, 0.25) is 0 Å². The lowest BCUT2D eigenvalue weighted by atomic mass is 9.92. The molecule has 0 aromatic heterocycles. The molecule has 9 nitrogen and oxygen atoms in total. The molecule has 0 atom stereocenters. The molecule has 1 aliphatic heterocycles. The predicted molar refractivity (Wildman–Crippen MR) is 145 cm³/mol. The Morgan fingerprint density at radius 3 is 2.31 bits per heavy atom. The average Bonchev–Trinajstić information content (AvgIpc) is 3.59. The SMILES string of the molecule is CCNC(=O)C(=N)N(C(=N)c1cc(C(=N)C2CCCC2)c(N)cc1O)c1ccc(N2CCCC2)cc1. The van der Waals surface area contributed by atoms with Crippen molar-refractivity contribution < 1.29 is 9.90 Å². The Labute approximate surface area is 211 Å². The second-order valence-electron chi connectivity index (χ2n) is 9.45. The van der Waals surface area contributed by atoms with E-state index >= 15 is 0 Å². The van der Waals surface area contributed by atoms with Gasteiger partial charge in [0.15, 0.2) is 5.84 Å². The molecular formula is C27H35N7O2. The first kappa shape index (κ1) is 25.2. The first-order chi connectivity index (χ1) is 17.3. The van der Waals surface area contributed by atoms with Gasteiger partial charge in [-0.25, -0.2) is 0 Å². The monoisotopic (exact) mass is 489 g/mol. The average molecular weight is 490 g/mol. The molecule has 36 heavy (non-hydrogen) atoms. The van der Waals surface area contributed by atoms with Gasteiger partial charge in [0.25, 0.3) is 5.91 Å². The van der Waals surface area contributed by atoms with Gasteiger partial charge in [0.2, 0.25) is 0 Å². The van der Waals surface area contributed by atoms with Crippen LogP contribution in [0.25, 0.3) is 0 Å². The molecule has 2 aromatic rings. The molecule has 2 aliphatic rings. The Kier molecular flexibility index (Phi) is 7.57. The van der Waals surface area contributed by atoms with Crippen LogP contribution in [0, 0.1) is 22.1 Å². The van der Waals surface area contributed by atoms with Gasteiger partial charge < -0.3 is 26.5 Å². The second-order valence-corrected chi connectivity index (χ2v) is 9.45. The molecule has 1 saturated carbocycles. The number of nitrogens with two attached hydrogens (primary N) is 1. The van der Waals surface area contributed by atoms with E-state index in [1.54, 1.807) is 25.1 Å². The molecule has 1 heterocycles. The number of phenolic OH excluding ortho intramolecular Hbond substituents is 1. The van der Waals surface area contributed by atoms with Gasteiger partial charge in [0.05, 0.1) is 5.56 Å². The summed E-state index contributed by atoms with van der Waals surface area (Å²) >= 11 is 0. The van der Waals surface area contributed by atoms with Crippen molar-refractivity contribution in [3.63, 3.8) is 0 Å². The number of hydrogen-bond donors (Lipinski definition) is 6. The molecule has 1 saturated heterocycles. The number of anilines is 3. The lowest BCUT2D eigenvalue weighted by molar-refractivity contribution is -0.114. The molecule has 2 fully saturated rings. The largest absolute Gasteiger partial charge is 0.507 e. The molecule has 4 rings (SSSR count). The van der Waals surface area contributed by atoms with Crippen LogP contribution in [0.5, 0.6) is 5.75 Å². The van der Waals surface area contributed by atoms with Crippen LogP contribution < -0.4 is 20.9 Å². The van der Waals surface area contributed by atoms with E-state index < -0.39 is 11.7 Å². The molecule has 0 unspecified atom stereocenters. The topological polar surface area (TPSA) is 153 Å². The van der Waals surface area contributed by atoms with Crippen molar-refractivity contribution in [2.75, 3.05) is 35.2 Å². The van der Waals surface area contributed by atoms with Crippen molar-refractivity contribution in [1.29, 1.82) is 16.2 Å². The summed E-state index contributed by atoms with van der Waals surface area (Å²) in [6, 6.07) is 10.3. The fourth-order valence-corrected chi connectivity index (χ4v) is 5.09. The number of amides is 1. The summed E-state index contributed by atoms with van der Waals surface area (Å²) in [4.78, 5) is 16.2. The Hall–Kier alpha value is -3.88. The molecule has 7 N–H and O–H groups in total. The summed E-state index contributed by atoms with van der Waals surface area (Å²) in [7, 11) is 0. The number of carbonyl (C=O) groups is 1. The van der Waals surface area contributed by atoms with E-state index in [0.717, 1.165) is 57.3 Å². The predicted octanol–water partition coefficient (Wildman–Crippen LogP) is 4.08. The summed E-state index contributed by atoms with van der Waals surface area (Å²) < 4.78 is 0. The lowest BCUT2D eigenvalue weighted by Gasteiger charge is -2.27. The number of hydrogen-bond acceptors (Lipinski definition) is 7. The number of aromatic hydroxyl groups is 1. The summed E-state index contributed by atoms with van der Waals surface area (Å²) in [6.45, 7) is 4.08. The van der Waals surface area contributed by atoms with E-state index in [1.165, 1.54) is 11.0 Å². The van der Waals surface area contributed by atoms with Gasteiger partial charge in [-0.15, -0.1) is 0 Å². The Morgan fingerprint density at radius 1 is 1.06 bits per heavy atom. The van der Waals surface area contributed by atoms with Crippen molar-refractivity contribution in [3.05, 3.63) is 47.5 Å². The number of nitrogens with one attached hydrogen (secondary N) is 4. The zero-order valence-electron chi connectivity index (χ0n) is 20.7. The molecular weight excluding hydrogens is 454 g/mol. The highest BCUT2D eigenvalue weighted by Crippen LogP contribution is 2.34. The van der Waals surface area contributed by atoms with Crippen molar-refractivity contribution >= 4 is 40.4 Å². The van der Waals surface area contributed by atoms with Crippen LogP contribution in [0.4, 0.5) is 17.1 Å². The number of likely N-dealkylation sites (N-methyl/N-ethyl adjacent to an activating group) is 1. The lowest BCUT2D eigenvalue weighted by Crippen LogP contribution is -2.46. The third-order valence-electron chi connectivity index (χ3n) is 7.06. The van der Waals surface area contributed by atoms with Gasteiger partial charge in [-0.1, -0.05) is 12.8 Å². The highest BCUT2D eigenvalue weighted by atomic mass is 16.3. The first-order valence-corrected chi connectivity index (χ1v) is 12.6. The van der Waals surface area contributed by atoms with E-state index in [9.17, 15) is 9.90 Å². The van der Waals surface area contributed by atoms with Crippen LogP contribution in [0.1, 0.15) is 56.6 Å². The Balaban J connectivity index is 1.71. The maximum atomic E-state index is 12.7. The van der Waals surface area contributed by atoms with Gasteiger partial charge in [-0.05, 0) is 62.9 Å². The Morgan fingerprint density at radius 2 is 1.69 bits per heavy atom. The summed E-state index contributed by atoms with van der Waals surface area (Å²) in [5.41, 5.74) is 8.96. The van der Waals surface area contributed by atoms with Gasteiger partial charge >= 0.3 is 0 Å². The number of benzene rings is 2. The van der Waals surface area contributed by atoms with E-state index in [-0.39, 0.29) is 28.8 Å². The van der Waals surface area contributed by atoms with E-state index in [4.69, 9.17) is 22.0 Å². The van der Waals surface area contributed by atoms with Crippen LogP contribution >= 0.6 is 0 Å². The highest BCUT2D eigenvalue weighted by Gasteiger charge is 2.28. The number of phenols is 1. The molecule has 190 valence electrons. The van der Waals surface area contributed by atoms with Crippen molar-refractivity contribution in [1.82, 2.24) is 5.32 Å². The highest BCUT2D eigenvalue weighted by molar-refractivity contribution is 6.48. The van der Waals surface area contributed by atoms with E-state index in [0.29, 0.717) is 23.5 Å². The zero-order valence-corrected chi connectivity index (χ0v) is 20.7. The molecule has 9 heteroatoms. The maximum absolute atomic E-state index is 12.7. The van der Waals surface area contributed by atoms with Crippen LogP contribution in [0.3, 0.4) is 0 Å². The summed E-state index contributed by atoms with van der Waals surface area (Å²) in [5, 5.41) is 39.6. The summed E-state index contributed by atoms with van der Waals surface area (Å²) in [5.74, 6) is -1.43. The number of nitrogen functional groups attached to an aromatic ring is 1. The van der Waals surface area contributed by atoms with Crippen LogP contribution in [0.15, 0.2) is 36.4 Å². The van der Waals surface area contributed by atoms with Gasteiger partial charge in [-0.3, -0.25) is 20.5 Å². The number of carbonyl (C=O) groups excluding carboxylic acids is 1. The third-order valence-corrected chi connectivity index (χ3v) is 7.06. The number of nitrogens with zero attached hydrogens (tertiary/aromatic N) is 2. The van der Waals surface area contributed by atoms with Gasteiger partial charge in [0.1, 0.15) is 11.6 Å². The zero-order chi connectivity index (χ0) is 25.8.